The summed E-state index contributed by atoms with van der Waals surface area (Å²) in [6.45, 7) is 6.21. The topological polar surface area (TPSA) is 49.4 Å². The highest BCUT2D eigenvalue weighted by Gasteiger charge is 2.38. The van der Waals surface area contributed by atoms with Crippen molar-refractivity contribution < 1.29 is 8.42 Å². The van der Waals surface area contributed by atoms with Crippen molar-refractivity contribution in [1.29, 1.82) is 0 Å². The van der Waals surface area contributed by atoms with E-state index in [-0.39, 0.29) is 12.4 Å². The number of thiophene rings is 1. The van der Waals surface area contributed by atoms with Gasteiger partial charge in [-0.25, -0.2) is 8.42 Å². The summed E-state index contributed by atoms with van der Waals surface area (Å²) >= 11 is 1.56. The quantitative estimate of drug-likeness (QED) is 0.900. The molecule has 4 nitrogen and oxygen atoms in total. The summed E-state index contributed by atoms with van der Waals surface area (Å²) in [5.41, 5.74) is 0. The number of hydrogen-bond donors (Lipinski definition) is 1. The highest BCUT2D eigenvalue weighted by atomic mass is 35.5. The zero-order valence-corrected chi connectivity index (χ0v) is 14.2. The van der Waals surface area contributed by atoms with Gasteiger partial charge in [0.25, 0.3) is 0 Å². The molecule has 0 radical (unpaired) electrons. The van der Waals surface area contributed by atoms with E-state index in [0.29, 0.717) is 29.9 Å². The molecule has 7 heteroatoms. The summed E-state index contributed by atoms with van der Waals surface area (Å²) in [6.07, 6.45) is 2.03. The van der Waals surface area contributed by atoms with Crippen molar-refractivity contribution >= 4 is 33.8 Å². The number of fused-ring (bicyclic) bond motifs is 1. The van der Waals surface area contributed by atoms with Crippen molar-refractivity contribution in [3.63, 3.8) is 0 Å². The zero-order valence-electron chi connectivity index (χ0n) is 11.8. The monoisotopic (exact) mass is 336 g/mol. The van der Waals surface area contributed by atoms with Crippen LogP contribution in [0, 0.1) is 19.8 Å². The van der Waals surface area contributed by atoms with Gasteiger partial charge in [-0.3, -0.25) is 0 Å². The molecule has 0 amide bonds. The Morgan fingerprint density at radius 3 is 2.75 bits per heavy atom. The number of aryl methyl sites for hydroxylation is 2. The fourth-order valence-corrected chi connectivity index (χ4v) is 6.27. The third kappa shape index (κ3) is 2.76. The molecule has 3 rings (SSSR count). The van der Waals surface area contributed by atoms with Crippen molar-refractivity contribution in [3.05, 3.63) is 15.8 Å². The van der Waals surface area contributed by atoms with E-state index in [1.54, 1.807) is 15.6 Å². The van der Waals surface area contributed by atoms with E-state index in [1.807, 2.05) is 19.9 Å². The van der Waals surface area contributed by atoms with Gasteiger partial charge in [-0.1, -0.05) is 0 Å². The van der Waals surface area contributed by atoms with Crippen LogP contribution in [0.3, 0.4) is 0 Å². The van der Waals surface area contributed by atoms with Crippen molar-refractivity contribution in [1.82, 2.24) is 9.62 Å². The number of rotatable bonds is 2. The molecule has 2 fully saturated rings. The van der Waals surface area contributed by atoms with Gasteiger partial charge in [0.15, 0.2) is 0 Å². The molecule has 2 unspecified atom stereocenters. The van der Waals surface area contributed by atoms with Crippen LogP contribution in [0.15, 0.2) is 11.0 Å². The molecule has 2 atom stereocenters. The zero-order chi connectivity index (χ0) is 13.6. The van der Waals surface area contributed by atoms with E-state index in [1.165, 1.54) is 0 Å². The molecule has 2 aliphatic heterocycles. The highest BCUT2D eigenvalue weighted by molar-refractivity contribution is 7.89. The first-order valence-corrected chi connectivity index (χ1v) is 9.04. The Hall–Kier alpha value is -0.140. The molecule has 0 spiro atoms. The van der Waals surface area contributed by atoms with E-state index >= 15 is 0 Å². The second-order valence-corrected chi connectivity index (χ2v) is 8.91. The minimum Gasteiger partial charge on any atom is -0.314 e. The van der Waals surface area contributed by atoms with Gasteiger partial charge in [0.05, 0.1) is 4.90 Å². The Morgan fingerprint density at radius 1 is 1.35 bits per heavy atom. The maximum Gasteiger partial charge on any atom is 0.244 e. The summed E-state index contributed by atoms with van der Waals surface area (Å²) in [4.78, 5) is 2.48. The Labute approximate surface area is 131 Å². The Balaban J connectivity index is 0.00000147. The molecular weight excluding hydrogens is 316 g/mol. The lowest BCUT2D eigenvalue weighted by Crippen LogP contribution is -2.46. The largest absolute Gasteiger partial charge is 0.314 e. The van der Waals surface area contributed by atoms with Crippen LogP contribution in [0.25, 0.3) is 0 Å². The lowest BCUT2D eigenvalue weighted by Gasteiger charge is -2.33. The van der Waals surface area contributed by atoms with Gasteiger partial charge in [0, 0.05) is 28.9 Å². The van der Waals surface area contributed by atoms with E-state index < -0.39 is 10.0 Å². The van der Waals surface area contributed by atoms with Crippen LogP contribution in [0.1, 0.15) is 22.6 Å². The van der Waals surface area contributed by atoms with Crippen LogP contribution in [-0.2, 0) is 10.0 Å². The lowest BCUT2D eigenvalue weighted by atomic mass is 9.95. The molecule has 0 aliphatic carbocycles. The standard InChI is InChI=1S/C13H20N2O2S2.ClH/c1-9-7-13(10(2)18-9)19(16,17)15-6-4-12-11(8-15)3-5-14-12;/h7,11-12,14H,3-6,8H2,1-2H3;1H. The highest BCUT2D eigenvalue weighted by Crippen LogP contribution is 2.32. The summed E-state index contributed by atoms with van der Waals surface area (Å²) in [5, 5.41) is 3.47. The number of halogens is 1. The van der Waals surface area contributed by atoms with Gasteiger partial charge < -0.3 is 5.32 Å². The van der Waals surface area contributed by atoms with Gasteiger partial charge in [-0.15, -0.1) is 23.7 Å². The Morgan fingerprint density at radius 2 is 2.10 bits per heavy atom. The SMILES string of the molecule is Cc1cc(S(=O)(=O)N2CCC3NCCC3C2)c(C)s1.Cl. The first-order valence-electron chi connectivity index (χ1n) is 6.79. The van der Waals surface area contributed by atoms with Gasteiger partial charge >= 0.3 is 0 Å². The summed E-state index contributed by atoms with van der Waals surface area (Å²) in [6, 6.07) is 2.34. The molecule has 3 heterocycles. The van der Waals surface area contributed by atoms with Gasteiger partial charge in [-0.2, -0.15) is 4.31 Å². The predicted octanol–water partition coefficient (Wildman–Crippen LogP) is 2.16. The molecule has 20 heavy (non-hydrogen) atoms. The van der Waals surface area contributed by atoms with Crippen LogP contribution >= 0.6 is 23.7 Å². The average Bonchev–Trinajstić information content (AvgIpc) is 2.94. The maximum atomic E-state index is 12.7. The van der Waals surface area contributed by atoms with E-state index in [2.05, 4.69) is 5.32 Å². The number of sulfonamides is 1. The van der Waals surface area contributed by atoms with Crippen molar-refractivity contribution in [2.75, 3.05) is 19.6 Å². The molecule has 1 aromatic heterocycles. The minimum absolute atomic E-state index is 0. The van der Waals surface area contributed by atoms with E-state index in [4.69, 9.17) is 0 Å². The fraction of sp³-hybridized carbons (Fsp3) is 0.692. The molecule has 114 valence electrons. The molecular formula is C13H21ClN2O2S2. The van der Waals surface area contributed by atoms with Crippen LogP contribution in [0.4, 0.5) is 0 Å². The van der Waals surface area contributed by atoms with Gasteiger partial charge in [0.2, 0.25) is 10.0 Å². The molecule has 1 aromatic rings. The van der Waals surface area contributed by atoms with Gasteiger partial charge in [-0.05, 0) is 45.2 Å². The second-order valence-electron chi connectivity index (χ2n) is 5.54. The molecule has 0 saturated carbocycles. The predicted molar refractivity (Wildman–Crippen MR) is 84.3 cm³/mol. The molecule has 2 saturated heterocycles. The number of nitrogens with zero attached hydrogens (tertiary/aromatic N) is 1. The van der Waals surface area contributed by atoms with Crippen LogP contribution in [-0.4, -0.2) is 38.4 Å². The average molecular weight is 337 g/mol. The van der Waals surface area contributed by atoms with Crippen LogP contribution in [0.2, 0.25) is 0 Å². The van der Waals surface area contributed by atoms with E-state index in [0.717, 1.165) is 29.1 Å². The third-order valence-electron chi connectivity index (χ3n) is 4.23. The molecule has 0 bridgehead atoms. The van der Waals surface area contributed by atoms with Crippen molar-refractivity contribution in [2.24, 2.45) is 5.92 Å². The molecule has 2 aliphatic rings. The third-order valence-corrected chi connectivity index (χ3v) is 7.32. The lowest BCUT2D eigenvalue weighted by molar-refractivity contribution is 0.247. The van der Waals surface area contributed by atoms with Crippen molar-refractivity contribution in [2.45, 2.75) is 37.6 Å². The first-order chi connectivity index (χ1) is 8.98. The summed E-state index contributed by atoms with van der Waals surface area (Å²) in [5.74, 6) is 0.489. The summed E-state index contributed by atoms with van der Waals surface area (Å²) in [7, 11) is -3.29. The van der Waals surface area contributed by atoms with Crippen LogP contribution < -0.4 is 5.32 Å². The number of piperidine rings is 1. The molecule has 1 N–H and O–H groups in total. The number of hydrogen-bond acceptors (Lipinski definition) is 4. The van der Waals surface area contributed by atoms with Crippen molar-refractivity contribution in [3.8, 4) is 0 Å². The first kappa shape index (κ1) is 16.2. The normalized spacial score (nSPS) is 27.1. The minimum atomic E-state index is -3.29. The fourth-order valence-electron chi connectivity index (χ4n) is 3.24. The summed E-state index contributed by atoms with van der Waals surface area (Å²) < 4.78 is 27.1. The Bertz CT molecular complexity index is 585. The maximum absolute atomic E-state index is 12.7. The van der Waals surface area contributed by atoms with Crippen LogP contribution in [0.5, 0.6) is 0 Å². The number of nitrogens with one attached hydrogen (secondary N) is 1. The van der Waals surface area contributed by atoms with Gasteiger partial charge in [0.1, 0.15) is 0 Å². The Kier molecular flexibility index (Phi) is 4.81. The van der Waals surface area contributed by atoms with E-state index in [9.17, 15) is 8.42 Å². The smallest absolute Gasteiger partial charge is 0.244 e. The second kappa shape index (κ2) is 5.93. The molecule has 0 aromatic carbocycles.